The maximum absolute atomic E-state index is 13.0. The number of anilines is 1. The van der Waals surface area contributed by atoms with Crippen LogP contribution in [-0.4, -0.2) is 40.5 Å². The summed E-state index contributed by atoms with van der Waals surface area (Å²) in [7, 11) is 1.28. The molecule has 2 aromatic carbocycles. The molecule has 1 heterocycles. The van der Waals surface area contributed by atoms with E-state index in [4.69, 9.17) is 4.74 Å². The first-order valence-corrected chi connectivity index (χ1v) is 11.8. The van der Waals surface area contributed by atoms with Crippen molar-refractivity contribution in [3.63, 3.8) is 0 Å². The molecule has 1 saturated carbocycles. The molecular weight excluding hydrogens is 546 g/mol. The maximum atomic E-state index is 13.0. The summed E-state index contributed by atoms with van der Waals surface area (Å²) < 4.78 is 10.0. The van der Waals surface area contributed by atoms with Gasteiger partial charge in [-0.1, -0.05) is 37.9 Å². The van der Waals surface area contributed by atoms with Crippen LogP contribution in [0.1, 0.15) is 33.6 Å². The van der Waals surface area contributed by atoms with Gasteiger partial charge in [0.25, 0.3) is 0 Å². The first kappa shape index (κ1) is 22.7. The summed E-state index contributed by atoms with van der Waals surface area (Å²) in [6.07, 6.45) is 1.15. The zero-order valence-electron chi connectivity index (χ0n) is 17.0. The molecule has 4 unspecified atom stereocenters. The van der Waals surface area contributed by atoms with E-state index < -0.39 is 11.9 Å². The van der Waals surface area contributed by atoms with Gasteiger partial charge in [-0.25, -0.2) is 9.59 Å². The highest BCUT2D eigenvalue weighted by molar-refractivity contribution is 9.12. The lowest BCUT2D eigenvalue weighted by Gasteiger charge is -2.29. The van der Waals surface area contributed by atoms with Crippen LogP contribution < -0.4 is 9.64 Å². The molecule has 9 heteroatoms. The standard InChI is InChI=1S/C23H19Br2NO6/c1-31-22(29)12-5-7-15(8-6-12)32-23(30)13-3-2-4-14(9-13)26-20(27)16-10-18(24)19(25)11-17(16)21(26)28/h2-9,16-19H,10-11H2,1H3. The number of nitrogens with zero attached hydrogens (tertiary/aromatic N) is 1. The van der Waals surface area contributed by atoms with Crippen molar-refractivity contribution in [1.82, 2.24) is 0 Å². The lowest BCUT2D eigenvalue weighted by atomic mass is 9.81. The molecule has 4 atom stereocenters. The smallest absolute Gasteiger partial charge is 0.343 e. The molecule has 0 spiro atoms. The molecule has 2 aliphatic rings. The van der Waals surface area contributed by atoms with Crippen molar-refractivity contribution in [3.8, 4) is 5.75 Å². The molecule has 0 aromatic heterocycles. The average molecular weight is 565 g/mol. The van der Waals surface area contributed by atoms with Crippen LogP contribution in [0.2, 0.25) is 0 Å². The monoisotopic (exact) mass is 563 g/mol. The van der Waals surface area contributed by atoms with Crippen LogP contribution in [0.15, 0.2) is 48.5 Å². The van der Waals surface area contributed by atoms with Gasteiger partial charge in [-0.05, 0) is 55.3 Å². The Labute approximate surface area is 201 Å². The van der Waals surface area contributed by atoms with Crippen molar-refractivity contribution in [1.29, 1.82) is 0 Å². The number of fused-ring (bicyclic) bond motifs is 1. The minimum atomic E-state index is -0.643. The zero-order chi connectivity index (χ0) is 23.0. The Hall–Kier alpha value is -2.52. The molecular formula is C23H19Br2NO6. The number of hydrogen-bond donors (Lipinski definition) is 0. The van der Waals surface area contributed by atoms with Gasteiger partial charge in [0, 0.05) is 9.65 Å². The maximum Gasteiger partial charge on any atom is 0.343 e. The third kappa shape index (κ3) is 4.23. The zero-order valence-corrected chi connectivity index (χ0v) is 20.2. The van der Waals surface area contributed by atoms with Crippen LogP contribution >= 0.6 is 31.9 Å². The van der Waals surface area contributed by atoms with Crippen LogP contribution in [0, 0.1) is 11.8 Å². The summed E-state index contributed by atoms with van der Waals surface area (Å²) in [4.78, 5) is 51.6. The van der Waals surface area contributed by atoms with E-state index in [1.165, 1.54) is 42.3 Å². The summed E-state index contributed by atoms with van der Waals surface area (Å²) in [5.41, 5.74) is 0.882. The first-order valence-electron chi connectivity index (χ1n) is 9.96. The molecule has 0 N–H and O–H groups in total. The Balaban J connectivity index is 1.52. The van der Waals surface area contributed by atoms with Crippen molar-refractivity contribution < 1.29 is 28.7 Å². The second-order valence-electron chi connectivity index (χ2n) is 7.68. The topological polar surface area (TPSA) is 90.0 Å². The number of rotatable bonds is 4. The molecule has 4 rings (SSSR count). The van der Waals surface area contributed by atoms with Crippen LogP contribution in [0.25, 0.3) is 0 Å². The minimum Gasteiger partial charge on any atom is -0.465 e. The highest BCUT2D eigenvalue weighted by atomic mass is 79.9. The SMILES string of the molecule is COC(=O)c1ccc(OC(=O)c2cccc(N3C(=O)C4CC(Br)C(Br)CC4C3=O)c2)cc1. The number of halogens is 2. The fraction of sp³-hybridized carbons (Fsp3) is 0.304. The molecule has 2 amide bonds. The molecule has 1 aliphatic heterocycles. The van der Waals surface area contributed by atoms with Crippen LogP contribution in [0.3, 0.4) is 0 Å². The van der Waals surface area contributed by atoms with E-state index in [1.54, 1.807) is 18.2 Å². The summed E-state index contributed by atoms with van der Waals surface area (Å²) in [6.45, 7) is 0. The van der Waals surface area contributed by atoms with E-state index in [9.17, 15) is 19.2 Å². The van der Waals surface area contributed by atoms with Gasteiger partial charge in [0.1, 0.15) is 5.75 Å². The average Bonchev–Trinajstić information content (AvgIpc) is 3.03. The fourth-order valence-electron chi connectivity index (χ4n) is 4.06. The Morgan fingerprint density at radius 2 is 1.47 bits per heavy atom. The fourth-order valence-corrected chi connectivity index (χ4v) is 5.30. The summed E-state index contributed by atoms with van der Waals surface area (Å²) in [6, 6.07) is 12.2. The van der Waals surface area contributed by atoms with E-state index in [1.807, 2.05) is 0 Å². The Bertz CT molecular complexity index is 1060. The highest BCUT2D eigenvalue weighted by Gasteiger charge is 2.52. The van der Waals surface area contributed by atoms with Gasteiger partial charge in [-0.2, -0.15) is 0 Å². The van der Waals surface area contributed by atoms with Gasteiger partial charge in [0.05, 0.1) is 35.8 Å². The molecule has 32 heavy (non-hydrogen) atoms. The van der Waals surface area contributed by atoms with Crippen molar-refractivity contribution >= 4 is 61.3 Å². The first-order chi connectivity index (χ1) is 15.3. The molecule has 2 fully saturated rings. The van der Waals surface area contributed by atoms with Crippen LogP contribution in [0.4, 0.5) is 5.69 Å². The Morgan fingerprint density at radius 1 is 0.875 bits per heavy atom. The van der Waals surface area contributed by atoms with E-state index in [-0.39, 0.29) is 44.6 Å². The van der Waals surface area contributed by atoms with Gasteiger partial charge in [-0.3, -0.25) is 14.5 Å². The van der Waals surface area contributed by atoms with E-state index in [2.05, 4.69) is 36.6 Å². The summed E-state index contributed by atoms with van der Waals surface area (Å²) >= 11 is 7.15. The predicted molar refractivity (Wildman–Crippen MR) is 123 cm³/mol. The number of ether oxygens (including phenoxy) is 2. The van der Waals surface area contributed by atoms with Crippen molar-refractivity contribution in [2.24, 2.45) is 11.8 Å². The van der Waals surface area contributed by atoms with E-state index in [0.29, 0.717) is 24.1 Å². The molecule has 0 radical (unpaired) electrons. The van der Waals surface area contributed by atoms with Gasteiger partial charge in [0.15, 0.2) is 0 Å². The van der Waals surface area contributed by atoms with Crippen molar-refractivity contribution in [3.05, 3.63) is 59.7 Å². The molecule has 0 bridgehead atoms. The lowest BCUT2D eigenvalue weighted by molar-refractivity contribution is -0.122. The third-order valence-corrected chi connectivity index (χ3v) is 8.47. The number of alkyl halides is 2. The second kappa shape index (κ2) is 9.15. The van der Waals surface area contributed by atoms with Crippen LogP contribution in [-0.2, 0) is 14.3 Å². The third-order valence-electron chi connectivity index (χ3n) is 5.74. The number of benzene rings is 2. The Morgan fingerprint density at radius 3 is 2.03 bits per heavy atom. The molecule has 7 nitrogen and oxygen atoms in total. The largest absolute Gasteiger partial charge is 0.465 e. The van der Waals surface area contributed by atoms with Crippen LogP contribution in [0.5, 0.6) is 5.75 Å². The number of hydrogen-bond acceptors (Lipinski definition) is 6. The number of esters is 2. The van der Waals surface area contributed by atoms with Gasteiger partial charge in [-0.15, -0.1) is 0 Å². The quantitative estimate of drug-likeness (QED) is 0.240. The van der Waals surface area contributed by atoms with Crippen molar-refractivity contribution in [2.75, 3.05) is 12.0 Å². The number of amides is 2. The summed E-state index contributed by atoms with van der Waals surface area (Å²) in [5.74, 6) is -2.11. The van der Waals surface area contributed by atoms with E-state index in [0.717, 1.165) is 0 Å². The Kier molecular flexibility index (Phi) is 6.48. The lowest BCUT2D eigenvalue weighted by Crippen LogP contribution is -2.34. The number of imide groups is 1. The normalized spacial score (nSPS) is 24.8. The molecule has 166 valence electrons. The second-order valence-corrected chi connectivity index (χ2v) is 10.0. The minimum absolute atomic E-state index is 0.118. The van der Waals surface area contributed by atoms with Gasteiger partial charge >= 0.3 is 11.9 Å². The van der Waals surface area contributed by atoms with Gasteiger partial charge < -0.3 is 9.47 Å². The molecule has 1 aliphatic carbocycles. The summed E-state index contributed by atoms with van der Waals surface area (Å²) in [5, 5.41) is 0. The molecule has 1 saturated heterocycles. The van der Waals surface area contributed by atoms with Crippen molar-refractivity contribution in [2.45, 2.75) is 22.5 Å². The van der Waals surface area contributed by atoms with E-state index >= 15 is 0 Å². The van der Waals surface area contributed by atoms with Gasteiger partial charge in [0.2, 0.25) is 11.8 Å². The highest BCUT2D eigenvalue weighted by Crippen LogP contribution is 2.44. The molecule has 2 aromatic rings. The number of methoxy groups -OCH3 is 1. The number of carbonyl (C=O) groups is 4. The number of carbonyl (C=O) groups excluding carboxylic acids is 4. The predicted octanol–water partition coefficient (Wildman–Crippen LogP) is 4.12.